The van der Waals surface area contributed by atoms with Crippen molar-refractivity contribution in [2.45, 2.75) is 52.4 Å². The maximum absolute atomic E-state index is 10.6. The highest BCUT2D eigenvalue weighted by molar-refractivity contribution is 6.12. The van der Waals surface area contributed by atoms with E-state index >= 15 is 0 Å². The molecule has 0 aliphatic heterocycles. The van der Waals surface area contributed by atoms with E-state index in [1.54, 1.807) is 6.07 Å². The van der Waals surface area contributed by atoms with E-state index in [9.17, 15) is 10.5 Å². The molecule has 50 heavy (non-hydrogen) atoms. The summed E-state index contributed by atoms with van der Waals surface area (Å²) >= 11 is 0. The van der Waals surface area contributed by atoms with E-state index in [0.717, 1.165) is 60.5 Å². The van der Waals surface area contributed by atoms with Gasteiger partial charge >= 0.3 is 0 Å². The zero-order valence-corrected chi connectivity index (χ0v) is 29.2. The summed E-state index contributed by atoms with van der Waals surface area (Å²) in [5.74, 6) is 0. The number of hydrogen-bond donors (Lipinski definition) is 0. The van der Waals surface area contributed by atoms with Gasteiger partial charge in [-0.25, -0.2) is 0 Å². The van der Waals surface area contributed by atoms with Crippen molar-refractivity contribution in [1.82, 2.24) is 14.1 Å². The lowest BCUT2D eigenvalue weighted by Gasteiger charge is -2.21. The fraction of sp³-hybridized carbons (Fsp3) is 0.178. The van der Waals surface area contributed by atoms with Crippen molar-refractivity contribution in [1.29, 1.82) is 10.5 Å². The molecule has 0 aliphatic carbocycles. The minimum atomic E-state index is -0.0210. The molecule has 0 amide bonds. The summed E-state index contributed by atoms with van der Waals surface area (Å²) in [6.45, 7) is 13.4. The largest absolute Gasteiger partial charge is 0.307 e. The van der Waals surface area contributed by atoms with E-state index in [1.807, 2.05) is 24.5 Å². The van der Waals surface area contributed by atoms with Gasteiger partial charge in [-0.05, 0) is 64.4 Å². The van der Waals surface area contributed by atoms with Gasteiger partial charge in [0.2, 0.25) is 0 Å². The third kappa shape index (κ3) is 4.70. The normalized spacial score (nSPS) is 12.2. The number of nitriles is 2. The number of hydrogen-bond acceptors (Lipinski definition) is 3. The van der Waals surface area contributed by atoms with Crippen LogP contribution in [-0.4, -0.2) is 14.1 Å². The first-order valence-corrected chi connectivity index (χ1v) is 17.0. The molecule has 0 spiro atoms. The number of pyridine rings is 1. The molecule has 0 unspecified atom stereocenters. The van der Waals surface area contributed by atoms with E-state index in [0.29, 0.717) is 16.7 Å². The van der Waals surface area contributed by atoms with E-state index < -0.39 is 0 Å². The molecular weight excluding hydrogens is 611 g/mol. The summed E-state index contributed by atoms with van der Waals surface area (Å²) in [7, 11) is 0. The van der Waals surface area contributed by atoms with E-state index in [4.69, 9.17) is 4.98 Å². The van der Waals surface area contributed by atoms with E-state index in [2.05, 4.69) is 148 Å². The number of nitrogens with zero attached hydrogens (tertiary/aromatic N) is 5. The molecule has 0 bridgehead atoms. The van der Waals surface area contributed by atoms with Gasteiger partial charge in [-0.3, -0.25) is 4.98 Å². The first-order chi connectivity index (χ1) is 24.0. The Hall–Kier alpha value is -6.17. The maximum atomic E-state index is 10.6. The molecule has 5 aromatic carbocycles. The minimum absolute atomic E-state index is 0.0210. The van der Waals surface area contributed by atoms with Crippen LogP contribution in [0, 0.1) is 22.7 Å². The van der Waals surface area contributed by atoms with Crippen molar-refractivity contribution < 1.29 is 0 Å². The molecule has 0 atom stereocenters. The van der Waals surface area contributed by atoms with Gasteiger partial charge in [-0.1, -0.05) is 102 Å². The van der Waals surface area contributed by atoms with Crippen LogP contribution < -0.4 is 0 Å². The van der Waals surface area contributed by atoms with Crippen LogP contribution in [0.25, 0.3) is 66.1 Å². The molecule has 3 aromatic heterocycles. The lowest BCUT2D eigenvalue weighted by molar-refractivity contribution is 0.591. The highest BCUT2D eigenvalue weighted by atomic mass is 15.0. The predicted molar refractivity (Wildman–Crippen MR) is 205 cm³/mol. The molecule has 242 valence electrons. The second-order valence-corrected chi connectivity index (χ2v) is 15.2. The zero-order chi connectivity index (χ0) is 34.9. The smallest absolute Gasteiger partial charge is 0.101 e. The summed E-state index contributed by atoms with van der Waals surface area (Å²) in [6, 6.07) is 40.6. The summed E-state index contributed by atoms with van der Waals surface area (Å²) in [5.41, 5.74) is 10.5. The van der Waals surface area contributed by atoms with Crippen molar-refractivity contribution in [3.05, 3.63) is 138 Å². The van der Waals surface area contributed by atoms with E-state index in [-0.39, 0.29) is 10.8 Å². The van der Waals surface area contributed by atoms with Crippen LogP contribution in [0.3, 0.4) is 0 Å². The molecule has 0 fully saturated rings. The number of aromatic nitrogens is 3. The second-order valence-electron chi connectivity index (χ2n) is 15.2. The number of fused-ring (bicyclic) bond motifs is 6. The van der Waals surface area contributed by atoms with Gasteiger partial charge in [-0.2, -0.15) is 10.5 Å². The summed E-state index contributed by atoms with van der Waals surface area (Å²) < 4.78 is 4.55. The number of rotatable bonds is 3. The second kappa shape index (κ2) is 11.2. The Bertz CT molecular complexity index is 2600. The SMILES string of the molecule is CC(C)(C)c1ccc2c(c1)c1ccccc1n2-c1cncc(-n2c3ccccc3c3cc(C(C)(C)C)ccc32)c1-c1cccc(C#N)c1C#N. The van der Waals surface area contributed by atoms with Crippen LogP contribution in [0.2, 0.25) is 0 Å². The molecule has 0 saturated heterocycles. The van der Waals surface area contributed by atoms with Crippen molar-refractivity contribution in [3.8, 4) is 34.6 Å². The molecule has 0 radical (unpaired) electrons. The highest BCUT2D eigenvalue weighted by Crippen LogP contribution is 2.43. The van der Waals surface area contributed by atoms with Crippen LogP contribution in [-0.2, 0) is 10.8 Å². The Morgan fingerprint density at radius 1 is 0.520 bits per heavy atom. The van der Waals surface area contributed by atoms with Crippen LogP contribution in [0.5, 0.6) is 0 Å². The van der Waals surface area contributed by atoms with Gasteiger partial charge in [0.15, 0.2) is 0 Å². The third-order valence-corrected chi connectivity index (χ3v) is 10.0. The van der Waals surface area contributed by atoms with Gasteiger partial charge in [0, 0.05) is 32.7 Å². The predicted octanol–water partition coefficient (Wildman–Crippen LogP) is 11.3. The zero-order valence-electron chi connectivity index (χ0n) is 29.2. The Morgan fingerprint density at radius 3 is 1.46 bits per heavy atom. The molecule has 8 rings (SSSR count). The molecule has 5 heteroatoms. The topological polar surface area (TPSA) is 70.3 Å². The van der Waals surface area contributed by atoms with Gasteiger partial charge < -0.3 is 9.13 Å². The molecule has 5 nitrogen and oxygen atoms in total. The van der Waals surface area contributed by atoms with Gasteiger partial charge in [0.25, 0.3) is 0 Å². The van der Waals surface area contributed by atoms with Gasteiger partial charge in [0.1, 0.15) is 12.1 Å². The van der Waals surface area contributed by atoms with Crippen LogP contribution >= 0.6 is 0 Å². The fourth-order valence-corrected chi connectivity index (χ4v) is 7.43. The van der Waals surface area contributed by atoms with Crippen LogP contribution in [0.15, 0.2) is 116 Å². The molecule has 0 saturated carbocycles. The van der Waals surface area contributed by atoms with Gasteiger partial charge in [0.05, 0.1) is 57.0 Å². The monoisotopic (exact) mass is 647 g/mol. The summed E-state index contributed by atoms with van der Waals surface area (Å²) in [6.07, 6.45) is 3.79. The minimum Gasteiger partial charge on any atom is -0.307 e. The van der Waals surface area contributed by atoms with E-state index in [1.165, 1.54) is 11.1 Å². The number of para-hydroxylation sites is 2. The Labute approximate surface area is 292 Å². The molecule has 0 N–H and O–H groups in total. The first-order valence-electron chi connectivity index (χ1n) is 17.0. The Balaban J connectivity index is 1.56. The molecule has 0 aliphatic rings. The first kappa shape index (κ1) is 31.1. The van der Waals surface area contributed by atoms with Crippen LogP contribution in [0.4, 0.5) is 0 Å². The van der Waals surface area contributed by atoms with Crippen molar-refractivity contribution in [2.24, 2.45) is 0 Å². The summed E-state index contributed by atoms with van der Waals surface area (Å²) in [5, 5.41) is 25.3. The fourth-order valence-electron chi connectivity index (χ4n) is 7.43. The van der Waals surface area contributed by atoms with Crippen molar-refractivity contribution in [2.75, 3.05) is 0 Å². The lowest BCUT2D eigenvalue weighted by atomic mass is 9.86. The third-order valence-electron chi connectivity index (χ3n) is 10.0. The van der Waals surface area contributed by atoms with Crippen molar-refractivity contribution >= 4 is 43.6 Å². The lowest BCUT2D eigenvalue weighted by Crippen LogP contribution is -2.11. The van der Waals surface area contributed by atoms with Gasteiger partial charge in [-0.15, -0.1) is 0 Å². The molecule has 8 aromatic rings. The summed E-state index contributed by atoms with van der Waals surface area (Å²) in [4.78, 5) is 4.93. The molecular formula is C45H37N5. The highest BCUT2D eigenvalue weighted by Gasteiger charge is 2.26. The molecule has 3 heterocycles. The quantitative estimate of drug-likeness (QED) is 0.192. The van der Waals surface area contributed by atoms with Crippen molar-refractivity contribution in [3.63, 3.8) is 0 Å². The Morgan fingerprint density at radius 2 is 1.00 bits per heavy atom. The maximum Gasteiger partial charge on any atom is 0.101 e. The average Bonchev–Trinajstić information content (AvgIpc) is 3.62. The number of benzene rings is 5. The average molecular weight is 648 g/mol. The Kier molecular flexibility index (Phi) is 6.97. The standard InChI is InChI=1S/C45H37N5/c1-44(2,3)29-18-20-39-34(22-29)31-13-7-9-16-37(31)49(39)41-26-48-27-42(43(41)33-15-11-12-28(24-46)36(33)25-47)50-38-17-10-8-14-32(38)35-23-30(45(4,5)6)19-21-40(35)50/h7-23,26-27H,1-6H3. The van der Waals surface area contributed by atoms with Crippen LogP contribution in [0.1, 0.15) is 63.8 Å².